The molecule has 18 heavy (non-hydrogen) atoms. The second kappa shape index (κ2) is 5.71. The highest BCUT2D eigenvalue weighted by atomic mass is 16.6. The lowest BCUT2D eigenvalue weighted by Gasteiger charge is -2.22. The van der Waals surface area contributed by atoms with E-state index < -0.39 is 6.09 Å². The Morgan fingerprint density at radius 2 is 1.89 bits per heavy atom. The van der Waals surface area contributed by atoms with Gasteiger partial charge < -0.3 is 10.1 Å². The summed E-state index contributed by atoms with van der Waals surface area (Å²) in [6.45, 7) is 11.3. The average Bonchev–Trinajstić information content (AvgIpc) is 2.26. The first-order valence-electron chi connectivity index (χ1n) is 6.03. The largest absolute Gasteiger partial charge is 0.442 e. The van der Waals surface area contributed by atoms with Gasteiger partial charge in [0.25, 0.3) is 0 Å². The number of amides is 1. The Morgan fingerprint density at radius 3 is 2.33 bits per heavy atom. The number of hydrogen-bond donors (Lipinski definition) is 1. The van der Waals surface area contributed by atoms with E-state index in [2.05, 4.69) is 11.9 Å². The minimum Gasteiger partial charge on any atom is -0.442 e. The van der Waals surface area contributed by atoms with Crippen LogP contribution in [0.4, 0.5) is 4.79 Å². The van der Waals surface area contributed by atoms with Crippen molar-refractivity contribution in [2.45, 2.75) is 39.3 Å². The monoisotopic (exact) mass is 247 g/mol. The topological polar surface area (TPSA) is 38.3 Å². The van der Waals surface area contributed by atoms with E-state index in [1.807, 2.05) is 52.0 Å². The molecule has 0 fully saturated rings. The molecule has 0 bridgehead atoms. The second-order valence-electron chi connectivity index (χ2n) is 5.29. The number of ether oxygens (including phenoxy) is 1. The van der Waals surface area contributed by atoms with E-state index >= 15 is 0 Å². The molecule has 0 radical (unpaired) electrons. The van der Waals surface area contributed by atoms with Gasteiger partial charge in [-0.3, -0.25) is 0 Å². The molecule has 3 nitrogen and oxygen atoms in total. The number of carbonyl (C=O) groups excluding carboxylic acids is 1. The normalized spacial score (nSPS) is 12.7. The van der Waals surface area contributed by atoms with E-state index in [9.17, 15) is 4.79 Å². The molecule has 1 rings (SSSR count). The molecule has 98 valence electrons. The molecular weight excluding hydrogens is 226 g/mol. The van der Waals surface area contributed by atoms with Crippen molar-refractivity contribution in [1.29, 1.82) is 0 Å². The molecule has 0 aliphatic rings. The average molecular weight is 247 g/mol. The standard InChI is InChI=1S/C15H21NO2/c1-6-12-7-9-13(10-8-12)11(2)18-14(17)16-15(3,4)5/h6-11H,1H2,2-5H3,(H,16,17)/t11-/m0/s1. The first kappa shape index (κ1) is 14.3. The fourth-order valence-electron chi connectivity index (χ4n) is 1.47. The molecule has 1 aromatic carbocycles. The van der Waals surface area contributed by atoms with E-state index in [-0.39, 0.29) is 11.6 Å². The minimum absolute atomic E-state index is 0.272. The van der Waals surface area contributed by atoms with Crippen molar-refractivity contribution >= 4 is 12.2 Å². The first-order valence-corrected chi connectivity index (χ1v) is 6.03. The van der Waals surface area contributed by atoms with Crippen LogP contribution in [0.5, 0.6) is 0 Å². The zero-order valence-corrected chi connectivity index (χ0v) is 11.5. The molecular formula is C15H21NO2. The molecule has 0 aromatic heterocycles. The van der Waals surface area contributed by atoms with Crippen molar-refractivity contribution in [3.05, 3.63) is 42.0 Å². The van der Waals surface area contributed by atoms with E-state index in [0.717, 1.165) is 11.1 Å². The van der Waals surface area contributed by atoms with Gasteiger partial charge in [-0.25, -0.2) is 4.79 Å². The third kappa shape index (κ3) is 4.62. The van der Waals surface area contributed by atoms with Crippen LogP contribution in [0.15, 0.2) is 30.8 Å². The molecule has 1 atom stereocenters. The third-order valence-electron chi connectivity index (χ3n) is 2.40. The zero-order chi connectivity index (χ0) is 13.8. The molecule has 1 aromatic rings. The van der Waals surface area contributed by atoms with Gasteiger partial charge in [0, 0.05) is 5.54 Å². The first-order chi connectivity index (χ1) is 8.31. The Morgan fingerprint density at radius 1 is 1.33 bits per heavy atom. The Balaban J connectivity index is 2.61. The van der Waals surface area contributed by atoms with Gasteiger partial charge in [-0.2, -0.15) is 0 Å². The van der Waals surface area contributed by atoms with Crippen LogP contribution in [0.1, 0.15) is 44.9 Å². The lowest BCUT2D eigenvalue weighted by molar-refractivity contribution is 0.100. The predicted molar refractivity (Wildman–Crippen MR) is 74.3 cm³/mol. The van der Waals surface area contributed by atoms with Crippen molar-refractivity contribution in [3.8, 4) is 0 Å². The minimum atomic E-state index is -0.400. The quantitative estimate of drug-likeness (QED) is 0.879. The maximum Gasteiger partial charge on any atom is 0.408 e. The van der Waals surface area contributed by atoms with Crippen LogP contribution in [-0.4, -0.2) is 11.6 Å². The fraction of sp³-hybridized carbons (Fsp3) is 0.400. The van der Waals surface area contributed by atoms with Crippen LogP contribution < -0.4 is 5.32 Å². The Hall–Kier alpha value is -1.77. The molecule has 0 saturated heterocycles. The van der Waals surface area contributed by atoms with Gasteiger partial charge in [-0.15, -0.1) is 0 Å². The van der Waals surface area contributed by atoms with E-state index in [0.29, 0.717) is 0 Å². The van der Waals surface area contributed by atoms with Crippen LogP contribution in [0.2, 0.25) is 0 Å². The summed E-state index contributed by atoms with van der Waals surface area (Å²) in [5, 5.41) is 2.77. The van der Waals surface area contributed by atoms with Crippen LogP contribution in [0.3, 0.4) is 0 Å². The highest BCUT2D eigenvalue weighted by Crippen LogP contribution is 2.18. The van der Waals surface area contributed by atoms with Gasteiger partial charge >= 0.3 is 6.09 Å². The fourth-order valence-corrected chi connectivity index (χ4v) is 1.47. The molecule has 0 heterocycles. The molecule has 1 amide bonds. The summed E-state index contributed by atoms with van der Waals surface area (Å²) >= 11 is 0. The van der Waals surface area contributed by atoms with Crippen molar-refractivity contribution < 1.29 is 9.53 Å². The maximum atomic E-state index is 11.6. The summed E-state index contributed by atoms with van der Waals surface area (Å²) < 4.78 is 5.31. The smallest absolute Gasteiger partial charge is 0.408 e. The van der Waals surface area contributed by atoms with Crippen molar-refractivity contribution in [2.24, 2.45) is 0 Å². The molecule has 0 aliphatic heterocycles. The number of nitrogens with one attached hydrogen (secondary N) is 1. The summed E-state index contributed by atoms with van der Waals surface area (Å²) in [4.78, 5) is 11.6. The number of alkyl carbamates (subject to hydrolysis) is 1. The lowest BCUT2D eigenvalue weighted by atomic mass is 10.1. The third-order valence-corrected chi connectivity index (χ3v) is 2.40. The number of benzene rings is 1. The Kier molecular flexibility index (Phi) is 4.54. The van der Waals surface area contributed by atoms with Crippen molar-refractivity contribution in [3.63, 3.8) is 0 Å². The van der Waals surface area contributed by atoms with Crippen molar-refractivity contribution in [2.75, 3.05) is 0 Å². The summed E-state index contributed by atoms with van der Waals surface area (Å²) in [5.41, 5.74) is 1.72. The van der Waals surface area contributed by atoms with E-state index in [1.165, 1.54) is 0 Å². The van der Waals surface area contributed by atoms with Crippen molar-refractivity contribution in [1.82, 2.24) is 5.32 Å². The molecule has 3 heteroatoms. The van der Waals surface area contributed by atoms with Crippen LogP contribution in [-0.2, 0) is 4.74 Å². The van der Waals surface area contributed by atoms with Gasteiger partial charge in [0.15, 0.2) is 0 Å². The summed E-state index contributed by atoms with van der Waals surface area (Å²) in [6, 6.07) is 7.77. The predicted octanol–water partition coefficient (Wildman–Crippen LogP) is 3.92. The second-order valence-corrected chi connectivity index (χ2v) is 5.29. The number of carbonyl (C=O) groups is 1. The van der Waals surface area contributed by atoms with E-state index in [1.54, 1.807) is 6.08 Å². The number of hydrogen-bond acceptors (Lipinski definition) is 2. The lowest BCUT2D eigenvalue weighted by Crippen LogP contribution is -2.41. The van der Waals surface area contributed by atoms with Gasteiger partial charge in [0.1, 0.15) is 6.10 Å². The summed E-state index contributed by atoms with van der Waals surface area (Å²) in [7, 11) is 0. The van der Waals surface area contributed by atoms with E-state index in [4.69, 9.17) is 4.74 Å². The van der Waals surface area contributed by atoms with Crippen LogP contribution in [0, 0.1) is 0 Å². The highest BCUT2D eigenvalue weighted by molar-refractivity contribution is 5.68. The van der Waals surface area contributed by atoms with Gasteiger partial charge in [0.2, 0.25) is 0 Å². The maximum absolute atomic E-state index is 11.6. The molecule has 0 unspecified atom stereocenters. The van der Waals surface area contributed by atoms with Gasteiger partial charge in [0.05, 0.1) is 0 Å². The van der Waals surface area contributed by atoms with Gasteiger partial charge in [-0.05, 0) is 38.8 Å². The van der Waals surface area contributed by atoms with Crippen LogP contribution >= 0.6 is 0 Å². The zero-order valence-electron chi connectivity index (χ0n) is 11.5. The molecule has 0 spiro atoms. The number of rotatable bonds is 3. The van der Waals surface area contributed by atoms with Gasteiger partial charge in [-0.1, -0.05) is 36.9 Å². The Labute approximate surface area is 109 Å². The molecule has 0 aliphatic carbocycles. The molecule has 1 N–H and O–H groups in total. The molecule has 0 saturated carbocycles. The van der Waals surface area contributed by atoms with Crippen LogP contribution in [0.25, 0.3) is 6.08 Å². The summed E-state index contributed by atoms with van der Waals surface area (Å²) in [6.07, 6.45) is 1.11. The Bertz CT molecular complexity index is 415. The SMILES string of the molecule is C=Cc1ccc([C@H](C)OC(=O)NC(C)(C)C)cc1. The summed E-state index contributed by atoms with van der Waals surface area (Å²) in [5.74, 6) is 0. The highest BCUT2D eigenvalue weighted by Gasteiger charge is 2.17.